The lowest BCUT2D eigenvalue weighted by Gasteiger charge is -2.40. The molecule has 2 aromatic carbocycles. The Labute approximate surface area is 206 Å². The van der Waals surface area contributed by atoms with Gasteiger partial charge in [0.25, 0.3) is 0 Å². The molecule has 0 aromatic heterocycles. The van der Waals surface area contributed by atoms with Gasteiger partial charge in [-0.25, -0.2) is 4.79 Å². The van der Waals surface area contributed by atoms with Crippen molar-refractivity contribution in [3.05, 3.63) is 59.7 Å². The third-order valence-corrected chi connectivity index (χ3v) is 6.85. The van der Waals surface area contributed by atoms with Crippen molar-refractivity contribution in [2.45, 2.75) is 52.0 Å². The van der Waals surface area contributed by atoms with Gasteiger partial charge in [0.2, 0.25) is 5.91 Å². The van der Waals surface area contributed by atoms with E-state index in [1.807, 2.05) is 24.3 Å². The standard InChI is InChI=1S/C28H34N2O5/c1-28(2,3)13-12-24(26(33)30-15-18(16-30)14-25(31)32)29-27(34)35-17-23-21-10-6-4-8-19(21)20-9-5-7-11-22(20)23/h4-11,18,23-24H,12-17H2,1-3H3,(H,29,34)(H,31,32). The molecule has 0 spiro atoms. The molecule has 1 aliphatic carbocycles. The Bertz CT molecular complexity index is 1060. The largest absolute Gasteiger partial charge is 0.481 e. The van der Waals surface area contributed by atoms with Gasteiger partial charge in [-0.2, -0.15) is 0 Å². The average Bonchev–Trinajstić information content (AvgIpc) is 3.10. The predicted molar refractivity (Wildman–Crippen MR) is 133 cm³/mol. The van der Waals surface area contributed by atoms with Crippen molar-refractivity contribution in [3.8, 4) is 11.1 Å². The number of aliphatic carboxylic acids is 1. The van der Waals surface area contributed by atoms with E-state index in [-0.39, 0.29) is 36.2 Å². The Morgan fingerprint density at radius 1 is 1.03 bits per heavy atom. The maximum Gasteiger partial charge on any atom is 0.407 e. The minimum Gasteiger partial charge on any atom is -0.481 e. The number of hydrogen-bond donors (Lipinski definition) is 2. The molecule has 2 amide bonds. The highest BCUT2D eigenvalue weighted by atomic mass is 16.5. The first-order chi connectivity index (χ1) is 16.6. The lowest BCUT2D eigenvalue weighted by atomic mass is 9.87. The highest BCUT2D eigenvalue weighted by molar-refractivity contribution is 5.86. The van der Waals surface area contributed by atoms with Gasteiger partial charge in [-0.15, -0.1) is 0 Å². The molecule has 1 heterocycles. The number of amides is 2. The second kappa shape index (κ2) is 10.1. The first-order valence-electron chi connectivity index (χ1n) is 12.2. The quantitative estimate of drug-likeness (QED) is 0.576. The van der Waals surface area contributed by atoms with Crippen molar-refractivity contribution >= 4 is 18.0 Å². The normalized spacial score (nSPS) is 16.1. The highest BCUT2D eigenvalue weighted by Gasteiger charge is 2.37. The van der Waals surface area contributed by atoms with Gasteiger partial charge < -0.3 is 20.1 Å². The summed E-state index contributed by atoms with van der Waals surface area (Å²) in [6.45, 7) is 7.27. The predicted octanol–water partition coefficient (Wildman–Crippen LogP) is 4.65. The fraction of sp³-hybridized carbons (Fsp3) is 0.464. The monoisotopic (exact) mass is 478 g/mol. The van der Waals surface area contributed by atoms with Gasteiger partial charge in [0.15, 0.2) is 0 Å². The average molecular weight is 479 g/mol. The van der Waals surface area contributed by atoms with E-state index in [4.69, 9.17) is 9.84 Å². The zero-order valence-electron chi connectivity index (χ0n) is 20.6. The van der Waals surface area contributed by atoms with E-state index in [2.05, 4.69) is 50.4 Å². The molecule has 2 aromatic rings. The molecular weight excluding hydrogens is 444 g/mol. The van der Waals surface area contributed by atoms with E-state index in [0.717, 1.165) is 28.7 Å². The summed E-state index contributed by atoms with van der Waals surface area (Å²) >= 11 is 0. The van der Waals surface area contributed by atoms with Crippen molar-refractivity contribution in [2.75, 3.05) is 19.7 Å². The van der Waals surface area contributed by atoms with Crippen LogP contribution in [0, 0.1) is 11.3 Å². The molecule has 2 aliphatic rings. The first-order valence-corrected chi connectivity index (χ1v) is 12.2. The van der Waals surface area contributed by atoms with Crippen LogP contribution in [0.1, 0.15) is 57.1 Å². The van der Waals surface area contributed by atoms with Crippen molar-refractivity contribution < 1.29 is 24.2 Å². The molecule has 1 unspecified atom stereocenters. The number of carbonyl (C=O) groups excluding carboxylic acids is 2. The number of nitrogens with zero attached hydrogens (tertiary/aromatic N) is 1. The van der Waals surface area contributed by atoms with Gasteiger partial charge in [-0.1, -0.05) is 69.3 Å². The van der Waals surface area contributed by atoms with Crippen molar-refractivity contribution in [1.82, 2.24) is 10.2 Å². The fourth-order valence-corrected chi connectivity index (χ4v) is 4.96. The number of nitrogens with one attached hydrogen (secondary N) is 1. The SMILES string of the molecule is CC(C)(C)CCC(NC(=O)OCC1c2ccccc2-c2ccccc21)C(=O)N1CC(CC(=O)O)C1. The number of hydrogen-bond acceptors (Lipinski definition) is 4. The maximum absolute atomic E-state index is 13.1. The van der Waals surface area contributed by atoms with Gasteiger partial charge in [0, 0.05) is 24.9 Å². The number of likely N-dealkylation sites (tertiary alicyclic amines) is 1. The molecule has 0 radical (unpaired) electrons. The molecule has 1 fully saturated rings. The maximum atomic E-state index is 13.1. The molecule has 4 rings (SSSR count). The molecule has 1 atom stereocenters. The number of carbonyl (C=O) groups is 3. The molecule has 1 saturated heterocycles. The zero-order valence-corrected chi connectivity index (χ0v) is 20.6. The molecule has 0 bridgehead atoms. The number of alkyl carbamates (subject to hydrolysis) is 1. The lowest BCUT2D eigenvalue weighted by molar-refractivity contribution is -0.146. The Balaban J connectivity index is 1.39. The first kappa shape index (κ1) is 24.8. The van der Waals surface area contributed by atoms with Crippen LogP contribution >= 0.6 is 0 Å². The number of carboxylic acids is 1. The minimum atomic E-state index is -0.858. The van der Waals surface area contributed by atoms with Gasteiger partial charge in [-0.05, 0) is 40.5 Å². The van der Waals surface area contributed by atoms with Crippen LogP contribution in [-0.4, -0.2) is 53.7 Å². The van der Waals surface area contributed by atoms with E-state index in [1.165, 1.54) is 0 Å². The zero-order chi connectivity index (χ0) is 25.2. The van der Waals surface area contributed by atoms with E-state index in [9.17, 15) is 14.4 Å². The molecule has 7 heteroatoms. The summed E-state index contributed by atoms with van der Waals surface area (Å²) in [7, 11) is 0. The molecule has 186 valence electrons. The third-order valence-electron chi connectivity index (χ3n) is 6.85. The topological polar surface area (TPSA) is 95.9 Å². The van der Waals surface area contributed by atoms with Crippen LogP contribution in [0.5, 0.6) is 0 Å². The summed E-state index contributed by atoms with van der Waals surface area (Å²) in [5.41, 5.74) is 4.58. The lowest BCUT2D eigenvalue weighted by Crippen LogP contribution is -2.57. The molecule has 35 heavy (non-hydrogen) atoms. The third kappa shape index (κ3) is 5.84. The van der Waals surface area contributed by atoms with Crippen LogP contribution in [-0.2, 0) is 14.3 Å². The number of rotatable bonds is 8. The molecule has 2 N–H and O–H groups in total. The van der Waals surface area contributed by atoms with E-state index >= 15 is 0 Å². The van der Waals surface area contributed by atoms with Crippen LogP contribution in [0.2, 0.25) is 0 Å². The van der Waals surface area contributed by atoms with Gasteiger partial charge in [-0.3, -0.25) is 9.59 Å². The van der Waals surface area contributed by atoms with Crippen molar-refractivity contribution in [1.29, 1.82) is 0 Å². The Morgan fingerprint density at radius 3 is 2.14 bits per heavy atom. The van der Waals surface area contributed by atoms with Crippen LogP contribution in [0.25, 0.3) is 11.1 Å². The molecule has 1 aliphatic heterocycles. The number of benzene rings is 2. The van der Waals surface area contributed by atoms with Gasteiger partial charge in [0.1, 0.15) is 12.6 Å². The van der Waals surface area contributed by atoms with E-state index in [0.29, 0.717) is 19.5 Å². The minimum absolute atomic E-state index is 0.00215. The van der Waals surface area contributed by atoms with Gasteiger partial charge in [0.05, 0.1) is 6.42 Å². The number of ether oxygens (including phenoxy) is 1. The van der Waals surface area contributed by atoms with Crippen LogP contribution < -0.4 is 5.32 Å². The van der Waals surface area contributed by atoms with Crippen molar-refractivity contribution in [2.24, 2.45) is 11.3 Å². The number of fused-ring (bicyclic) bond motifs is 3. The number of carboxylic acid groups (broad SMARTS) is 1. The van der Waals surface area contributed by atoms with Crippen molar-refractivity contribution in [3.63, 3.8) is 0 Å². The summed E-state index contributed by atoms with van der Waals surface area (Å²) in [5, 5.41) is 11.8. The smallest absolute Gasteiger partial charge is 0.407 e. The summed E-state index contributed by atoms with van der Waals surface area (Å²) in [6, 6.07) is 15.6. The fourth-order valence-electron chi connectivity index (χ4n) is 4.96. The van der Waals surface area contributed by atoms with Crippen LogP contribution in [0.4, 0.5) is 4.79 Å². The molecule has 0 saturated carbocycles. The van der Waals surface area contributed by atoms with E-state index in [1.54, 1.807) is 4.90 Å². The van der Waals surface area contributed by atoms with Crippen LogP contribution in [0.3, 0.4) is 0 Å². The summed E-state index contributed by atoms with van der Waals surface area (Å²) < 4.78 is 5.66. The second-order valence-corrected chi connectivity index (χ2v) is 10.8. The van der Waals surface area contributed by atoms with Gasteiger partial charge >= 0.3 is 12.1 Å². The van der Waals surface area contributed by atoms with E-state index < -0.39 is 18.1 Å². The second-order valence-electron chi connectivity index (χ2n) is 10.8. The summed E-state index contributed by atoms with van der Waals surface area (Å²) in [6.07, 6.45) is 0.684. The van der Waals surface area contributed by atoms with Crippen LogP contribution in [0.15, 0.2) is 48.5 Å². The summed E-state index contributed by atoms with van der Waals surface area (Å²) in [4.78, 5) is 38.5. The molecule has 7 nitrogen and oxygen atoms in total. The Hall–Kier alpha value is -3.35. The Morgan fingerprint density at radius 2 is 1.60 bits per heavy atom. The highest BCUT2D eigenvalue weighted by Crippen LogP contribution is 2.44. The molecular formula is C28H34N2O5. The Kier molecular flexibility index (Phi) is 7.15. The summed E-state index contributed by atoms with van der Waals surface area (Å²) in [5.74, 6) is -1.12.